The van der Waals surface area contributed by atoms with Gasteiger partial charge >= 0.3 is 0 Å². The molecule has 0 saturated carbocycles. The van der Waals surface area contributed by atoms with E-state index in [1.54, 1.807) is 4.90 Å². The molecule has 0 spiro atoms. The second kappa shape index (κ2) is 6.69. The standard InChI is InChI=1S/C18H21N3O2/c1-2-17(22)21-10-6-5-9-16(21)18(23)20-12-13-11-19-15-8-4-3-7-14(13)15/h2-4,7-8,11,16,19H,1,5-6,9-10,12H2,(H,20,23). The van der Waals surface area contributed by atoms with Crippen molar-refractivity contribution in [1.82, 2.24) is 15.2 Å². The molecule has 5 heteroatoms. The van der Waals surface area contributed by atoms with Crippen molar-refractivity contribution in [2.24, 2.45) is 0 Å². The summed E-state index contributed by atoms with van der Waals surface area (Å²) in [4.78, 5) is 29.2. The number of aromatic amines is 1. The molecule has 2 heterocycles. The van der Waals surface area contributed by atoms with Gasteiger partial charge in [-0.1, -0.05) is 24.8 Å². The Morgan fingerprint density at radius 3 is 3.00 bits per heavy atom. The van der Waals surface area contributed by atoms with Gasteiger partial charge in [0.2, 0.25) is 11.8 Å². The van der Waals surface area contributed by atoms with E-state index in [0.29, 0.717) is 19.5 Å². The van der Waals surface area contributed by atoms with Gasteiger partial charge in [-0.15, -0.1) is 0 Å². The van der Waals surface area contributed by atoms with Crippen LogP contribution in [0.25, 0.3) is 10.9 Å². The summed E-state index contributed by atoms with van der Waals surface area (Å²) in [5.74, 6) is -0.262. The van der Waals surface area contributed by atoms with Gasteiger partial charge in [0, 0.05) is 30.2 Å². The number of nitrogens with zero attached hydrogens (tertiary/aromatic N) is 1. The topological polar surface area (TPSA) is 65.2 Å². The van der Waals surface area contributed by atoms with Crippen molar-refractivity contribution in [2.45, 2.75) is 31.8 Å². The fourth-order valence-electron chi connectivity index (χ4n) is 3.16. The SMILES string of the molecule is C=CC(=O)N1CCCCC1C(=O)NCc1c[nH]c2ccccc12. The van der Waals surface area contributed by atoms with Crippen molar-refractivity contribution in [3.63, 3.8) is 0 Å². The van der Waals surface area contributed by atoms with E-state index in [4.69, 9.17) is 0 Å². The highest BCUT2D eigenvalue weighted by atomic mass is 16.2. The molecule has 1 aromatic carbocycles. The molecule has 2 aromatic rings. The lowest BCUT2D eigenvalue weighted by Gasteiger charge is -2.33. The fourth-order valence-corrected chi connectivity index (χ4v) is 3.16. The minimum absolute atomic E-state index is 0.0924. The molecule has 1 fully saturated rings. The third-order valence-corrected chi connectivity index (χ3v) is 4.39. The number of benzene rings is 1. The molecular formula is C18H21N3O2. The summed E-state index contributed by atoms with van der Waals surface area (Å²) >= 11 is 0. The van der Waals surface area contributed by atoms with E-state index in [1.165, 1.54) is 6.08 Å². The van der Waals surface area contributed by atoms with Gasteiger partial charge in [-0.2, -0.15) is 0 Å². The Balaban J connectivity index is 1.68. The minimum atomic E-state index is -0.389. The Hall–Kier alpha value is -2.56. The van der Waals surface area contributed by atoms with Crippen LogP contribution in [-0.2, 0) is 16.1 Å². The van der Waals surface area contributed by atoms with Crippen molar-refractivity contribution in [3.8, 4) is 0 Å². The number of likely N-dealkylation sites (tertiary alicyclic amines) is 1. The largest absolute Gasteiger partial charge is 0.361 e. The van der Waals surface area contributed by atoms with Crippen LogP contribution in [-0.4, -0.2) is 34.3 Å². The molecule has 120 valence electrons. The van der Waals surface area contributed by atoms with E-state index in [1.807, 2.05) is 30.5 Å². The van der Waals surface area contributed by atoms with Gasteiger partial charge < -0.3 is 15.2 Å². The van der Waals surface area contributed by atoms with Crippen LogP contribution in [0, 0.1) is 0 Å². The van der Waals surface area contributed by atoms with Crippen LogP contribution < -0.4 is 5.32 Å². The maximum atomic E-state index is 12.5. The highest BCUT2D eigenvalue weighted by molar-refractivity contribution is 5.93. The average molecular weight is 311 g/mol. The zero-order valence-electron chi connectivity index (χ0n) is 13.0. The number of carbonyl (C=O) groups excluding carboxylic acids is 2. The van der Waals surface area contributed by atoms with Crippen LogP contribution in [0.5, 0.6) is 0 Å². The lowest BCUT2D eigenvalue weighted by atomic mass is 10.0. The summed E-state index contributed by atoms with van der Waals surface area (Å²) in [5.41, 5.74) is 2.10. The second-order valence-electron chi connectivity index (χ2n) is 5.82. The Morgan fingerprint density at radius 2 is 2.17 bits per heavy atom. The number of hydrogen-bond acceptors (Lipinski definition) is 2. The molecule has 5 nitrogen and oxygen atoms in total. The van der Waals surface area contributed by atoms with Crippen LogP contribution in [0.3, 0.4) is 0 Å². The summed E-state index contributed by atoms with van der Waals surface area (Å²) in [6, 6.07) is 7.60. The van der Waals surface area contributed by atoms with Crippen molar-refractivity contribution in [3.05, 3.63) is 48.7 Å². The highest BCUT2D eigenvalue weighted by Gasteiger charge is 2.30. The molecular weight excluding hydrogens is 290 g/mol. The van der Waals surface area contributed by atoms with Gasteiger partial charge in [-0.25, -0.2) is 0 Å². The molecule has 1 aliphatic heterocycles. The van der Waals surface area contributed by atoms with Gasteiger partial charge in [0.15, 0.2) is 0 Å². The molecule has 0 radical (unpaired) electrons. The molecule has 1 unspecified atom stereocenters. The number of fused-ring (bicyclic) bond motifs is 1. The number of hydrogen-bond donors (Lipinski definition) is 2. The summed E-state index contributed by atoms with van der Waals surface area (Å²) in [5, 5.41) is 4.08. The highest BCUT2D eigenvalue weighted by Crippen LogP contribution is 2.19. The number of piperidine rings is 1. The van der Waals surface area contributed by atoms with Crippen LogP contribution in [0.4, 0.5) is 0 Å². The monoisotopic (exact) mass is 311 g/mol. The number of rotatable bonds is 4. The van der Waals surface area contributed by atoms with Gasteiger partial charge in [0.05, 0.1) is 0 Å². The Kier molecular flexibility index (Phi) is 4.46. The number of para-hydroxylation sites is 1. The van der Waals surface area contributed by atoms with Gasteiger partial charge in [0.1, 0.15) is 6.04 Å². The number of amides is 2. The molecule has 2 N–H and O–H groups in total. The number of aromatic nitrogens is 1. The van der Waals surface area contributed by atoms with Crippen molar-refractivity contribution >= 4 is 22.7 Å². The maximum absolute atomic E-state index is 12.5. The predicted molar refractivity (Wildman–Crippen MR) is 89.7 cm³/mol. The van der Waals surface area contributed by atoms with Crippen molar-refractivity contribution in [2.75, 3.05) is 6.54 Å². The normalized spacial score (nSPS) is 17.9. The van der Waals surface area contributed by atoms with E-state index in [9.17, 15) is 9.59 Å². The van der Waals surface area contributed by atoms with E-state index >= 15 is 0 Å². The third kappa shape index (κ3) is 3.13. The Bertz CT molecular complexity index is 735. The first kappa shape index (κ1) is 15.3. The third-order valence-electron chi connectivity index (χ3n) is 4.39. The zero-order valence-corrected chi connectivity index (χ0v) is 13.0. The van der Waals surface area contributed by atoms with E-state index < -0.39 is 0 Å². The fraction of sp³-hybridized carbons (Fsp3) is 0.333. The number of H-pyrrole nitrogens is 1. The first-order valence-electron chi connectivity index (χ1n) is 7.96. The first-order valence-corrected chi connectivity index (χ1v) is 7.96. The number of nitrogens with one attached hydrogen (secondary N) is 2. The lowest BCUT2D eigenvalue weighted by Crippen LogP contribution is -2.51. The number of carbonyl (C=O) groups is 2. The van der Waals surface area contributed by atoms with Crippen molar-refractivity contribution in [1.29, 1.82) is 0 Å². The Morgan fingerprint density at radius 1 is 1.35 bits per heavy atom. The van der Waals surface area contributed by atoms with E-state index in [2.05, 4.69) is 16.9 Å². The van der Waals surface area contributed by atoms with Gasteiger partial charge in [-0.3, -0.25) is 9.59 Å². The maximum Gasteiger partial charge on any atom is 0.246 e. The molecule has 1 aliphatic rings. The molecule has 3 rings (SSSR count). The van der Waals surface area contributed by atoms with Crippen LogP contribution in [0.1, 0.15) is 24.8 Å². The predicted octanol–water partition coefficient (Wildman–Crippen LogP) is 2.35. The first-order chi connectivity index (χ1) is 11.2. The molecule has 1 atom stereocenters. The molecule has 0 bridgehead atoms. The van der Waals surface area contributed by atoms with Crippen LogP contribution >= 0.6 is 0 Å². The molecule has 2 amide bonds. The van der Waals surface area contributed by atoms with Crippen LogP contribution in [0.15, 0.2) is 43.1 Å². The zero-order chi connectivity index (χ0) is 16.2. The van der Waals surface area contributed by atoms with Gasteiger partial charge in [-0.05, 0) is 37.0 Å². The average Bonchev–Trinajstić information content (AvgIpc) is 3.02. The van der Waals surface area contributed by atoms with Gasteiger partial charge in [0.25, 0.3) is 0 Å². The summed E-state index contributed by atoms with van der Waals surface area (Å²) in [6.45, 7) is 4.60. The smallest absolute Gasteiger partial charge is 0.246 e. The molecule has 0 aliphatic carbocycles. The lowest BCUT2D eigenvalue weighted by molar-refractivity contribution is -0.138. The minimum Gasteiger partial charge on any atom is -0.361 e. The quantitative estimate of drug-likeness (QED) is 0.851. The second-order valence-corrected chi connectivity index (χ2v) is 5.82. The Labute approximate surface area is 135 Å². The summed E-state index contributed by atoms with van der Waals surface area (Å²) in [7, 11) is 0. The molecule has 23 heavy (non-hydrogen) atoms. The summed E-state index contributed by atoms with van der Waals surface area (Å²) in [6.07, 6.45) is 5.81. The molecule has 1 saturated heterocycles. The summed E-state index contributed by atoms with van der Waals surface area (Å²) < 4.78 is 0. The van der Waals surface area contributed by atoms with Crippen molar-refractivity contribution < 1.29 is 9.59 Å². The molecule has 1 aromatic heterocycles. The van der Waals surface area contributed by atoms with E-state index in [-0.39, 0.29) is 17.9 Å². The van der Waals surface area contributed by atoms with Crippen LogP contribution in [0.2, 0.25) is 0 Å². The van der Waals surface area contributed by atoms with E-state index in [0.717, 1.165) is 29.3 Å².